The van der Waals surface area contributed by atoms with Gasteiger partial charge in [-0.05, 0) is 44.6 Å². The Morgan fingerprint density at radius 2 is 2.00 bits per heavy atom. The van der Waals surface area contributed by atoms with E-state index in [1.54, 1.807) is 5.57 Å². The van der Waals surface area contributed by atoms with Crippen molar-refractivity contribution < 1.29 is 5.11 Å². The lowest BCUT2D eigenvalue weighted by Gasteiger charge is -2.16. The summed E-state index contributed by atoms with van der Waals surface area (Å²) in [4.78, 5) is 4.66. The average Bonchev–Trinajstić information content (AvgIpc) is 2.64. The van der Waals surface area contributed by atoms with Crippen LogP contribution in [0.4, 0.5) is 0 Å². The number of aliphatic hydroxyl groups excluding tert-OH is 1. The molecule has 0 aliphatic heterocycles. The van der Waals surface area contributed by atoms with Crippen LogP contribution in [0.15, 0.2) is 47.0 Å². The number of benzene rings is 1. The van der Waals surface area contributed by atoms with Crippen molar-refractivity contribution in [3.05, 3.63) is 47.5 Å². The molecule has 0 radical (unpaired) electrons. The maximum Gasteiger partial charge on any atom is 0.191 e. The number of nitrogens with one attached hydrogen (secondary N) is 2. The van der Waals surface area contributed by atoms with Crippen LogP contribution in [0.25, 0.3) is 0 Å². The summed E-state index contributed by atoms with van der Waals surface area (Å²) in [5, 5.41) is 16.4. The van der Waals surface area contributed by atoms with Gasteiger partial charge in [-0.3, -0.25) is 4.99 Å². The first kappa shape index (κ1) is 22.0. The Morgan fingerprint density at radius 1 is 1.20 bits per heavy atom. The molecule has 4 nitrogen and oxygen atoms in total. The van der Waals surface area contributed by atoms with Crippen molar-refractivity contribution in [2.75, 3.05) is 26.2 Å². The van der Waals surface area contributed by atoms with Gasteiger partial charge in [-0.2, -0.15) is 0 Å². The molecule has 1 aromatic rings. The fraction of sp³-hybridized carbons (Fsp3) is 0.550. The molecule has 3 N–H and O–H groups in total. The molecule has 0 bridgehead atoms. The Bertz CT molecular complexity index is 531. The Labute approximate surface area is 169 Å². The summed E-state index contributed by atoms with van der Waals surface area (Å²) in [6, 6.07) is 10.1. The van der Waals surface area contributed by atoms with E-state index in [2.05, 4.69) is 28.6 Å². The second-order valence-corrected chi connectivity index (χ2v) is 6.29. The van der Waals surface area contributed by atoms with E-state index in [1.807, 2.05) is 30.3 Å². The van der Waals surface area contributed by atoms with Gasteiger partial charge in [0.2, 0.25) is 0 Å². The van der Waals surface area contributed by atoms with Crippen LogP contribution >= 0.6 is 24.0 Å². The lowest BCUT2D eigenvalue weighted by molar-refractivity contribution is 0.268. The molecule has 1 atom stereocenters. The number of guanidine groups is 1. The van der Waals surface area contributed by atoms with Crippen LogP contribution in [-0.2, 0) is 0 Å². The Balaban J connectivity index is 0.00000312. The number of halogens is 1. The topological polar surface area (TPSA) is 56.7 Å². The minimum atomic E-state index is 0. The fourth-order valence-electron chi connectivity index (χ4n) is 3.01. The minimum Gasteiger partial charge on any atom is -0.396 e. The van der Waals surface area contributed by atoms with E-state index in [1.165, 1.54) is 25.7 Å². The average molecular weight is 457 g/mol. The standard InChI is InChI=1S/C20H31N3O.HI/c1-2-21-20(22-14-13-17-9-5-3-6-10-17)23-15-19(16-24)18-11-7-4-8-12-18;/h4,7-9,11-12,19,24H,2-3,5-6,10,13-16H2,1H3,(H2,21,22,23);1H. The summed E-state index contributed by atoms with van der Waals surface area (Å²) in [6.07, 6.45) is 8.63. The number of nitrogens with zero attached hydrogens (tertiary/aromatic N) is 1. The van der Waals surface area contributed by atoms with Crippen molar-refractivity contribution in [2.45, 2.75) is 44.9 Å². The Morgan fingerprint density at radius 3 is 2.64 bits per heavy atom. The number of allylic oxidation sites excluding steroid dienone is 1. The second kappa shape index (κ2) is 13.2. The van der Waals surface area contributed by atoms with Crippen molar-refractivity contribution >= 4 is 29.9 Å². The lowest BCUT2D eigenvalue weighted by atomic mass is 9.97. The first-order chi connectivity index (χ1) is 11.8. The van der Waals surface area contributed by atoms with E-state index >= 15 is 0 Å². The zero-order valence-corrected chi connectivity index (χ0v) is 17.5. The highest BCUT2D eigenvalue weighted by Gasteiger charge is 2.10. The molecule has 1 aliphatic rings. The first-order valence-corrected chi connectivity index (χ1v) is 9.19. The molecule has 140 valence electrons. The van der Waals surface area contributed by atoms with Gasteiger partial charge in [-0.15, -0.1) is 24.0 Å². The highest BCUT2D eigenvalue weighted by molar-refractivity contribution is 14.0. The number of rotatable bonds is 8. The summed E-state index contributed by atoms with van der Waals surface area (Å²) in [5.74, 6) is 0.881. The van der Waals surface area contributed by atoms with Crippen LogP contribution in [0.1, 0.15) is 50.5 Å². The molecule has 1 unspecified atom stereocenters. The van der Waals surface area contributed by atoms with E-state index in [9.17, 15) is 5.11 Å². The Kier molecular flexibility index (Phi) is 11.6. The van der Waals surface area contributed by atoms with Crippen molar-refractivity contribution in [3.63, 3.8) is 0 Å². The third-order valence-electron chi connectivity index (χ3n) is 4.43. The first-order valence-electron chi connectivity index (χ1n) is 9.19. The summed E-state index contributed by atoms with van der Waals surface area (Å²) < 4.78 is 0. The Hall–Kier alpha value is -1.08. The fourth-order valence-corrected chi connectivity index (χ4v) is 3.01. The molecule has 1 aromatic carbocycles. The number of hydrogen-bond donors (Lipinski definition) is 3. The monoisotopic (exact) mass is 457 g/mol. The summed E-state index contributed by atoms with van der Waals surface area (Å²) >= 11 is 0. The van der Waals surface area contributed by atoms with Crippen LogP contribution in [0.2, 0.25) is 0 Å². The molecule has 1 aliphatic carbocycles. The maximum absolute atomic E-state index is 9.65. The van der Waals surface area contributed by atoms with Gasteiger partial charge in [-0.25, -0.2) is 0 Å². The SMILES string of the molecule is CCNC(=NCC(CO)c1ccccc1)NCCC1=CCCCC1.I. The van der Waals surface area contributed by atoms with Crippen molar-refractivity contribution in [1.29, 1.82) is 0 Å². The predicted octanol–water partition coefficient (Wildman–Crippen LogP) is 3.83. The summed E-state index contributed by atoms with van der Waals surface area (Å²) in [7, 11) is 0. The molecule has 0 saturated heterocycles. The van der Waals surface area contributed by atoms with Crippen molar-refractivity contribution in [1.82, 2.24) is 10.6 Å². The zero-order valence-electron chi connectivity index (χ0n) is 15.2. The van der Waals surface area contributed by atoms with Crippen molar-refractivity contribution in [2.24, 2.45) is 4.99 Å². The minimum absolute atomic E-state index is 0. The largest absolute Gasteiger partial charge is 0.396 e. The number of hydrogen-bond acceptors (Lipinski definition) is 2. The molecule has 0 spiro atoms. The molecule has 0 heterocycles. The van der Waals surface area contributed by atoms with Gasteiger partial charge in [0.1, 0.15) is 0 Å². The van der Waals surface area contributed by atoms with Gasteiger partial charge in [0.05, 0.1) is 13.2 Å². The highest BCUT2D eigenvalue weighted by Crippen LogP contribution is 2.19. The van der Waals surface area contributed by atoms with Gasteiger partial charge in [0.25, 0.3) is 0 Å². The van der Waals surface area contributed by atoms with Crippen LogP contribution in [-0.4, -0.2) is 37.3 Å². The van der Waals surface area contributed by atoms with Gasteiger partial charge < -0.3 is 15.7 Å². The van der Waals surface area contributed by atoms with Gasteiger partial charge >= 0.3 is 0 Å². The van der Waals surface area contributed by atoms with E-state index in [0.717, 1.165) is 31.0 Å². The van der Waals surface area contributed by atoms with Crippen LogP contribution in [0, 0.1) is 0 Å². The smallest absolute Gasteiger partial charge is 0.191 e. The van der Waals surface area contributed by atoms with E-state index in [-0.39, 0.29) is 36.5 Å². The predicted molar refractivity (Wildman–Crippen MR) is 117 cm³/mol. The van der Waals surface area contributed by atoms with Crippen LogP contribution < -0.4 is 10.6 Å². The molecule has 5 heteroatoms. The van der Waals surface area contributed by atoms with Crippen LogP contribution in [0.3, 0.4) is 0 Å². The normalized spacial score (nSPS) is 15.8. The van der Waals surface area contributed by atoms with Crippen molar-refractivity contribution in [3.8, 4) is 0 Å². The van der Waals surface area contributed by atoms with Gasteiger partial charge in [0, 0.05) is 19.0 Å². The quantitative estimate of drug-likeness (QED) is 0.241. The highest BCUT2D eigenvalue weighted by atomic mass is 127. The molecule has 2 rings (SSSR count). The molecule has 25 heavy (non-hydrogen) atoms. The summed E-state index contributed by atoms with van der Waals surface area (Å²) in [5.41, 5.74) is 2.70. The molecule has 0 amide bonds. The molecular weight excluding hydrogens is 425 g/mol. The molecule has 0 saturated carbocycles. The zero-order chi connectivity index (χ0) is 17.0. The number of aliphatic hydroxyl groups is 1. The number of aliphatic imine (C=N–C) groups is 1. The maximum atomic E-state index is 9.65. The summed E-state index contributed by atoms with van der Waals surface area (Å²) in [6.45, 7) is 4.51. The third kappa shape index (κ3) is 8.23. The third-order valence-corrected chi connectivity index (χ3v) is 4.43. The second-order valence-electron chi connectivity index (χ2n) is 6.29. The molecular formula is C20H32IN3O. The molecule has 0 aromatic heterocycles. The van der Waals surface area contributed by atoms with Gasteiger partial charge in [0.15, 0.2) is 5.96 Å². The lowest BCUT2D eigenvalue weighted by Crippen LogP contribution is -2.38. The van der Waals surface area contributed by atoms with E-state index in [0.29, 0.717) is 6.54 Å². The van der Waals surface area contributed by atoms with E-state index < -0.39 is 0 Å². The van der Waals surface area contributed by atoms with Crippen LogP contribution in [0.5, 0.6) is 0 Å². The van der Waals surface area contributed by atoms with Gasteiger partial charge in [-0.1, -0.05) is 42.0 Å². The van der Waals surface area contributed by atoms with E-state index in [4.69, 9.17) is 0 Å². The molecule has 0 fully saturated rings.